The lowest BCUT2D eigenvalue weighted by Gasteiger charge is -2.33. The summed E-state index contributed by atoms with van der Waals surface area (Å²) in [5, 5.41) is 9.27. The number of nitrogens with zero attached hydrogens (tertiary/aromatic N) is 4. The number of aromatic hydroxyl groups is 1. The van der Waals surface area contributed by atoms with Crippen molar-refractivity contribution in [1.29, 1.82) is 0 Å². The Balaban J connectivity index is 0.000000251. The van der Waals surface area contributed by atoms with E-state index in [0.717, 1.165) is 36.8 Å². The van der Waals surface area contributed by atoms with Crippen LogP contribution >= 0.6 is 0 Å². The summed E-state index contributed by atoms with van der Waals surface area (Å²) in [5.74, 6) is 2.98. The number of rotatable bonds is 20. The fraction of sp³-hybridized carbons (Fsp3) is 0.523. The van der Waals surface area contributed by atoms with E-state index in [-0.39, 0.29) is 17.6 Å². The molecule has 0 unspecified atom stereocenters. The zero-order valence-electron chi connectivity index (χ0n) is 31.4. The van der Waals surface area contributed by atoms with E-state index in [1.807, 2.05) is 61.2 Å². The number of aromatic nitrogens is 4. The van der Waals surface area contributed by atoms with Gasteiger partial charge in [0.05, 0.1) is 5.92 Å². The van der Waals surface area contributed by atoms with Crippen LogP contribution in [0.15, 0.2) is 73.3 Å². The minimum absolute atomic E-state index is 0.0733. The molecule has 1 aliphatic rings. The molecule has 0 radical (unpaired) electrons. The van der Waals surface area contributed by atoms with E-state index >= 15 is 0 Å². The molecule has 51 heavy (non-hydrogen) atoms. The van der Waals surface area contributed by atoms with Gasteiger partial charge in [0.25, 0.3) is 0 Å². The summed E-state index contributed by atoms with van der Waals surface area (Å²) in [5.41, 5.74) is 4.26. The number of unbranched alkanes of at least 4 members (excludes halogenated alkanes) is 10. The zero-order chi connectivity index (χ0) is 36.1. The van der Waals surface area contributed by atoms with Gasteiger partial charge in [0.1, 0.15) is 11.5 Å². The number of phenols is 1. The van der Waals surface area contributed by atoms with Crippen molar-refractivity contribution in [2.45, 2.75) is 136 Å². The van der Waals surface area contributed by atoms with Crippen LogP contribution in [0.1, 0.15) is 135 Å². The van der Waals surface area contributed by atoms with Crippen LogP contribution < -0.4 is 4.74 Å². The summed E-state index contributed by atoms with van der Waals surface area (Å²) < 4.78 is 5.59. The van der Waals surface area contributed by atoms with Crippen LogP contribution in [0.25, 0.3) is 22.8 Å². The molecule has 5 rings (SSSR count). The minimum atomic E-state index is -0.0842. The minimum Gasteiger partial charge on any atom is -0.508 e. The van der Waals surface area contributed by atoms with Gasteiger partial charge in [0.15, 0.2) is 11.6 Å². The van der Waals surface area contributed by atoms with E-state index in [1.165, 1.54) is 101 Å². The molecular weight excluding hydrogens is 633 g/mol. The molecular formula is C44H60N4O3. The van der Waals surface area contributed by atoms with Gasteiger partial charge < -0.3 is 9.84 Å². The van der Waals surface area contributed by atoms with Gasteiger partial charge in [0, 0.05) is 35.9 Å². The van der Waals surface area contributed by atoms with Gasteiger partial charge in [-0.1, -0.05) is 97.8 Å². The van der Waals surface area contributed by atoms with Crippen LogP contribution in [0.3, 0.4) is 0 Å². The Kier molecular flexibility index (Phi) is 17.6. The Bertz CT molecular complexity index is 1520. The van der Waals surface area contributed by atoms with Crippen molar-refractivity contribution in [3.05, 3.63) is 84.4 Å². The van der Waals surface area contributed by atoms with Crippen LogP contribution in [0, 0.1) is 11.8 Å². The summed E-state index contributed by atoms with van der Waals surface area (Å²) in [6, 6.07) is 14.5. The van der Waals surface area contributed by atoms with Crippen molar-refractivity contribution in [1.82, 2.24) is 19.9 Å². The maximum atomic E-state index is 12.4. The van der Waals surface area contributed by atoms with Crippen molar-refractivity contribution in [3.8, 4) is 34.3 Å². The second-order valence-electron chi connectivity index (χ2n) is 14.2. The molecule has 0 amide bonds. The van der Waals surface area contributed by atoms with Crippen LogP contribution in [0.5, 0.6) is 11.5 Å². The first kappa shape index (κ1) is 39.7. The fourth-order valence-electron chi connectivity index (χ4n) is 6.46. The number of benzene rings is 2. The summed E-state index contributed by atoms with van der Waals surface area (Å²) in [4.78, 5) is 30.2. The second-order valence-corrected chi connectivity index (χ2v) is 14.2. The van der Waals surface area contributed by atoms with Crippen LogP contribution in [-0.2, 0) is 17.6 Å². The third-order valence-electron chi connectivity index (χ3n) is 9.79. The highest BCUT2D eigenvalue weighted by atomic mass is 16.5. The first-order valence-corrected chi connectivity index (χ1v) is 19.7. The molecule has 4 aromatic rings. The number of aryl methyl sites for hydroxylation is 2. The number of esters is 1. The quantitative estimate of drug-likeness (QED) is 0.0559. The average molecular weight is 693 g/mol. The smallest absolute Gasteiger partial charge is 0.314 e. The van der Waals surface area contributed by atoms with E-state index in [9.17, 15) is 9.90 Å². The third kappa shape index (κ3) is 14.2. The first-order chi connectivity index (χ1) is 25.0. The van der Waals surface area contributed by atoms with Crippen molar-refractivity contribution in [2.24, 2.45) is 11.8 Å². The highest BCUT2D eigenvalue weighted by Gasteiger charge is 2.35. The van der Waals surface area contributed by atoms with E-state index in [4.69, 9.17) is 4.74 Å². The molecule has 7 nitrogen and oxygen atoms in total. The number of carbonyl (C=O) groups is 1. The fourth-order valence-corrected chi connectivity index (χ4v) is 6.46. The maximum Gasteiger partial charge on any atom is 0.314 e. The molecule has 1 N–H and O–H groups in total. The molecule has 0 saturated heterocycles. The Morgan fingerprint density at radius 3 is 1.51 bits per heavy atom. The Morgan fingerprint density at radius 2 is 1.04 bits per heavy atom. The van der Waals surface area contributed by atoms with Crippen LogP contribution in [0.4, 0.5) is 0 Å². The average Bonchev–Trinajstić information content (AvgIpc) is 3.14. The molecule has 0 aliphatic heterocycles. The van der Waals surface area contributed by atoms with E-state index in [1.54, 1.807) is 12.1 Å². The van der Waals surface area contributed by atoms with Crippen molar-refractivity contribution in [2.75, 3.05) is 0 Å². The van der Waals surface area contributed by atoms with Crippen molar-refractivity contribution in [3.63, 3.8) is 0 Å². The lowest BCUT2D eigenvalue weighted by Crippen LogP contribution is -2.33. The van der Waals surface area contributed by atoms with Crippen molar-refractivity contribution < 1.29 is 14.6 Å². The number of hydrogen-bond donors (Lipinski definition) is 1. The third-order valence-corrected chi connectivity index (χ3v) is 9.79. The van der Waals surface area contributed by atoms with E-state index in [0.29, 0.717) is 23.3 Å². The summed E-state index contributed by atoms with van der Waals surface area (Å²) in [6.45, 7) is 6.70. The molecule has 7 heteroatoms. The van der Waals surface area contributed by atoms with Crippen LogP contribution in [0.2, 0.25) is 0 Å². The van der Waals surface area contributed by atoms with Gasteiger partial charge in [0.2, 0.25) is 0 Å². The molecule has 2 heterocycles. The van der Waals surface area contributed by atoms with E-state index in [2.05, 4.69) is 40.7 Å². The molecule has 1 aliphatic carbocycles. The van der Waals surface area contributed by atoms with Gasteiger partial charge in [-0.2, -0.15) is 0 Å². The Hall–Kier alpha value is -4.13. The number of ether oxygens (including phenoxy) is 1. The molecule has 0 bridgehead atoms. The first-order valence-electron chi connectivity index (χ1n) is 19.7. The van der Waals surface area contributed by atoms with Gasteiger partial charge in [-0.15, -0.1) is 0 Å². The largest absolute Gasteiger partial charge is 0.508 e. The Morgan fingerprint density at radius 1 is 0.608 bits per heavy atom. The molecule has 0 atom stereocenters. The van der Waals surface area contributed by atoms with Gasteiger partial charge >= 0.3 is 5.97 Å². The van der Waals surface area contributed by atoms with Gasteiger partial charge in [-0.05, 0) is 104 Å². The van der Waals surface area contributed by atoms with Crippen molar-refractivity contribution >= 4 is 5.97 Å². The summed E-state index contributed by atoms with van der Waals surface area (Å²) in [6.07, 6.45) is 29.7. The number of hydrogen-bond acceptors (Lipinski definition) is 7. The maximum absolute atomic E-state index is 12.4. The number of carbonyl (C=O) groups excluding carboxylic acids is 1. The highest BCUT2D eigenvalue weighted by Crippen LogP contribution is 2.38. The second kappa shape index (κ2) is 22.6. The van der Waals surface area contributed by atoms with Crippen LogP contribution in [-0.4, -0.2) is 31.0 Å². The molecule has 0 spiro atoms. The summed E-state index contributed by atoms with van der Waals surface area (Å²) in [7, 11) is 0. The highest BCUT2D eigenvalue weighted by molar-refractivity contribution is 5.76. The molecule has 1 fully saturated rings. The monoisotopic (exact) mass is 692 g/mol. The summed E-state index contributed by atoms with van der Waals surface area (Å²) >= 11 is 0. The lowest BCUT2D eigenvalue weighted by atomic mass is 9.72. The SMILES string of the molecule is CCCCCCCc1cnc(-c2ccc(O)cc2)nc1.CCCCCCCc1cnc(-c2ccc(OC(=O)C3CC(CCCCC)C3)cc2)nc1. The number of phenolic OH excluding ortho intramolecular Hbond substituents is 1. The topological polar surface area (TPSA) is 98.1 Å². The molecule has 2 aromatic heterocycles. The molecule has 2 aromatic carbocycles. The van der Waals surface area contributed by atoms with Gasteiger partial charge in [-0.25, -0.2) is 19.9 Å². The predicted molar refractivity (Wildman–Crippen MR) is 208 cm³/mol. The van der Waals surface area contributed by atoms with Gasteiger partial charge in [-0.3, -0.25) is 4.79 Å². The zero-order valence-corrected chi connectivity index (χ0v) is 31.4. The standard InChI is InChI=1S/C27H38N2O2.C17H22N2O/c1-3-5-7-8-10-12-22-19-28-26(29-20-22)23-13-15-25(16-14-23)31-27(30)24-17-21(18-24)11-9-6-4-2;1-2-3-4-5-6-7-14-12-18-17(19-13-14)15-8-10-16(20)11-9-15/h13-16,19-21,24H,3-12,17-18H2,1-2H3;8-13,20H,2-7H2,1H3. The van der Waals surface area contributed by atoms with E-state index < -0.39 is 0 Å². The molecule has 274 valence electrons. The predicted octanol–water partition coefficient (Wildman–Crippen LogP) is 11.5. The Labute approximate surface area is 306 Å². The lowest BCUT2D eigenvalue weighted by molar-refractivity contribution is -0.143. The molecule has 1 saturated carbocycles. The normalized spacial score (nSPS) is 15.0.